The standard InChI is InChI=1S/C20H26N4O2S2/c1-12(27-19-24-23-18(28-19)21-11-16-3-2-4-26-16)17(25)22-20-8-13-5-14(9-20)7-15(6-13)10-20/h2-4,12-15H,5-11H2,1H3,(H,21,23)(H,22,25)/t12-,13?,14?,15?,20?/m1/s1. The van der Waals surface area contributed by atoms with E-state index in [-0.39, 0.29) is 16.7 Å². The molecule has 1 amide bonds. The Morgan fingerprint density at radius 3 is 2.64 bits per heavy atom. The second-order valence-corrected chi connectivity index (χ2v) is 11.3. The molecule has 6 rings (SSSR count). The predicted molar refractivity (Wildman–Crippen MR) is 110 cm³/mol. The van der Waals surface area contributed by atoms with Gasteiger partial charge in [-0.15, -0.1) is 10.2 Å². The van der Waals surface area contributed by atoms with Crippen molar-refractivity contribution in [2.45, 2.75) is 67.1 Å². The lowest BCUT2D eigenvalue weighted by molar-refractivity contribution is -0.126. The third-order valence-electron chi connectivity index (χ3n) is 6.47. The SMILES string of the molecule is C[C@@H](Sc1nnc(NCc2ccco2)s1)C(=O)NC12CC3CC(CC(C3)C1)C2. The molecule has 150 valence electrons. The molecule has 0 radical (unpaired) electrons. The van der Waals surface area contributed by atoms with Gasteiger partial charge >= 0.3 is 0 Å². The van der Waals surface area contributed by atoms with Crippen molar-refractivity contribution >= 4 is 34.1 Å². The molecule has 0 aliphatic heterocycles. The minimum Gasteiger partial charge on any atom is -0.467 e. The number of furan rings is 1. The van der Waals surface area contributed by atoms with Crippen LogP contribution in [-0.4, -0.2) is 26.9 Å². The molecule has 2 aromatic rings. The summed E-state index contributed by atoms with van der Waals surface area (Å²) in [5.41, 5.74) is 0.0670. The van der Waals surface area contributed by atoms with Crippen molar-refractivity contribution in [2.24, 2.45) is 17.8 Å². The highest BCUT2D eigenvalue weighted by molar-refractivity contribution is 8.02. The zero-order valence-electron chi connectivity index (χ0n) is 16.0. The van der Waals surface area contributed by atoms with Gasteiger partial charge in [0.1, 0.15) is 5.76 Å². The van der Waals surface area contributed by atoms with Crippen LogP contribution in [0.5, 0.6) is 0 Å². The average Bonchev–Trinajstić information content (AvgIpc) is 3.30. The van der Waals surface area contributed by atoms with Crippen molar-refractivity contribution in [2.75, 3.05) is 5.32 Å². The fourth-order valence-electron chi connectivity index (χ4n) is 5.74. The van der Waals surface area contributed by atoms with E-state index in [0.29, 0.717) is 6.54 Å². The number of hydrogen-bond acceptors (Lipinski definition) is 7. The van der Waals surface area contributed by atoms with Crippen LogP contribution in [0.25, 0.3) is 0 Å². The Labute approximate surface area is 173 Å². The Balaban J connectivity index is 1.16. The number of nitrogens with one attached hydrogen (secondary N) is 2. The molecule has 2 N–H and O–H groups in total. The number of aromatic nitrogens is 2. The molecule has 6 nitrogen and oxygen atoms in total. The molecule has 1 atom stereocenters. The predicted octanol–water partition coefficient (Wildman–Crippen LogP) is 4.31. The van der Waals surface area contributed by atoms with Crippen molar-refractivity contribution in [1.29, 1.82) is 0 Å². The smallest absolute Gasteiger partial charge is 0.233 e. The monoisotopic (exact) mass is 418 g/mol. The number of carbonyl (C=O) groups excluding carboxylic acids is 1. The van der Waals surface area contributed by atoms with Crippen molar-refractivity contribution < 1.29 is 9.21 Å². The summed E-state index contributed by atoms with van der Waals surface area (Å²) in [7, 11) is 0. The van der Waals surface area contributed by atoms with E-state index in [1.54, 1.807) is 6.26 Å². The maximum absolute atomic E-state index is 12.9. The van der Waals surface area contributed by atoms with Crippen LogP contribution in [0.3, 0.4) is 0 Å². The van der Waals surface area contributed by atoms with Gasteiger partial charge in [-0.3, -0.25) is 4.79 Å². The van der Waals surface area contributed by atoms with Crippen molar-refractivity contribution in [1.82, 2.24) is 15.5 Å². The topological polar surface area (TPSA) is 80.1 Å². The molecule has 0 unspecified atom stereocenters. The summed E-state index contributed by atoms with van der Waals surface area (Å²) in [4.78, 5) is 12.9. The van der Waals surface area contributed by atoms with Crippen molar-refractivity contribution in [3.05, 3.63) is 24.2 Å². The first kappa shape index (κ1) is 18.5. The van der Waals surface area contributed by atoms with Crippen molar-refractivity contribution in [3.63, 3.8) is 0 Å². The Bertz CT molecular complexity index is 800. The fourth-order valence-corrected chi connectivity index (χ4v) is 7.63. The summed E-state index contributed by atoms with van der Waals surface area (Å²) in [6, 6.07) is 3.78. The average molecular weight is 419 g/mol. The van der Waals surface area contributed by atoms with Gasteiger partial charge in [0, 0.05) is 5.54 Å². The van der Waals surface area contributed by atoms with Gasteiger partial charge in [-0.2, -0.15) is 0 Å². The number of hydrogen-bond donors (Lipinski definition) is 2. The van der Waals surface area contributed by atoms with Gasteiger partial charge in [0.05, 0.1) is 18.1 Å². The van der Waals surface area contributed by atoms with Crippen LogP contribution in [-0.2, 0) is 11.3 Å². The second-order valence-electron chi connectivity index (χ2n) is 8.75. The van der Waals surface area contributed by atoms with Gasteiger partial charge < -0.3 is 15.1 Å². The largest absolute Gasteiger partial charge is 0.467 e. The molecule has 0 aromatic carbocycles. The number of anilines is 1. The summed E-state index contributed by atoms with van der Waals surface area (Å²) in [5, 5.41) is 15.6. The summed E-state index contributed by atoms with van der Waals surface area (Å²) in [6.45, 7) is 2.55. The van der Waals surface area contributed by atoms with Crippen molar-refractivity contribution in [3.8, 4) is 0 Å². The normalized spacial score (nSPS) is 31.7. The molecule has 2 heterocycles. The van der Waals surface area contributed by atoms with E-state index in [0.717, 1.165) is 33.0 Å². The number of nitrogens with zero attached hydrogens (tertiary/aromatic N) is 2. The van der Waals surface area contributed by atoms with E-state index in [1.165, 1.54) is 61.6 Å². The van der Waals surface area contributed by atoms with E-state index in [2.05, 4.69) is 20.8 Å². The first-order valence-corrected chi connectivity index (χ1v) is 11.8. The van der Waals surface area contributed by atoms with Crippen LogP contribution in [0.1, 0.15) is 51.2 Å². The molecule has 4 bridgehead atoms. The second kappa shape index (κ2) is 7.37. The molecular formula is C20H26N4O2S2. The highest BCUT2D eigenvalue weighted by Gasteiger charge is 2.51. The van der Waals surface area contributed by atoms with E-state index in [1.807, 2.05) is 19.1 Å². The minimum atomic E-state index is -0.168. The fraction of sp³-hybridized carbons (Fsp3) is 0.650. The molecule has 0 saturated heterocycles. The lowest BCUT2D eigenvalue weighted by Gasteiger charge is -2.57. The molecule has 28 heavy (non-hydrogen) atoms. The maximum Gasteiger partial charge on any atom is 0.233 e. The Morgan fingerprint density at radius 1 is 1.29 bits per heavy atom. The lowest BCUT2D eigenvalue weighted by atomic mass is 9.53. The van der Waals surface area contributed by atoms with E-state index in [4.69, 9.17) is 4.42 Å². The number of amides is 1. The third kappa shape index (κ3) is 3.81. The van der Waals surface area contributed by atoms with Crippen LogP contribution in [0.15, 0.2) is 27.2 Å². The van der Waals surface area contributed by atoms with E-state index < -0.39 is 0 Å². The van der Waals surface area contributed by atoms with Gasteiger partial charge in [0.15, 0.2) is 4.34 Å². The molecule has 4 aliphatic carbocycles. The molecular weight excluding hydrogens is 392 g/mol. The highest BCUT2D eigenvalue weighted by Crippen LogP contribution is 2.55. The zero-order valence-corrected chi connectivity index (χ0v) is 17.7. The van der Waals surface area contributed by atoms with Gasteiger partial charge in [-0.1, -0.05) is 23.1 Å². The van der Waals surface area contributed by atoms with Gasteiger partial charge in [0.25, 0.3) is 0 Å². The number of thioether (sulfide) groups is 1. The molecule has 0 spiro atoms. The van der Waals surface area contributed by atoms with Crippen LogP contribution in [0.2, 0.25) is 0 Å². The summed E-state index contributed by atoms with van der Waals surface area (Å²) in [5.74, 6) is 3.50. The number of rotatable bonds is 7. The highest BCUT2D eigenvalue weighted by atomic mass is 32.2. The molecule has 2 aromatic heterocycles. The van der Waals surface area contributed by atoms with Crippen LogP contribution in [0, 0.1) is 17.8 Å². The van der Waals surface area contributed by atoms with Gasteiger partial charge in [-0.05, 0) is 75.3 Å². The Kier molecular flexibility index (Phi) is 4.87. The molecule has 4 fully saturated rings. The third-order valence-corrected chi connectivity index (χ3v) is 8.54. The first-order chi connectivity index (χ1) is 13.6. The molecule has 8 heteroatoms. The first-order valence-electron chi connectivity index (χ1n) is 10.2. The van der Waals surface area contributed by atoms with Crippen LogP contribution in [0.4, 0.5) is 5.13 Å². The molecule has 4 aliphatic rings. The maximum atomic E-state index is 12.9. The van der Waals surface area contributed by atoms with Crippen LogP contribution < -0.4 is 10.6 Å². The van der Waals surface area contributed by atoms with Gasteiger partial charge in [0.2, 0.25) is 11.0 Å². The Morgan fingerprint density at radius 2 is 2.00 bits per heavy atom. The lowest BCUT2D eigenvalue weighted by Crippen LogP contribution is -2.60. The summed E-state index contributed by atoms with van der Waals surface area (Å²) < 4.78 is 6.12. The quantitative estimate of drug-likeness (QED) is 0.652. The summed E-state index contributed by atoms with van der Waals surface area (Å²) >= 11 is 2.97. The summed E-state index contributed by atoms with van der Waals surface area (Å²) in [6.07, 6.45) is 9.36. The minimum absolute atomic E-state index is 0.0670. The van der Waals surface area contributed by atoms with E-state index >= 15 is 0 Å². The van der Waals surface area contributed by atoms with E-state index in [9.17, 15) is 4.79 Å². The Hall–Kier alpha value is -1.54. The van der Waals surface area contributed by atoms with Crippen LogP contribution >= 0.6 is 23.1 Å². The van der Waals surface area contributed by atoms with Gasteiger partial charge in [-0.25, -0.2) is 0 Å². The zero-order chi connectivity index (χ0) is 19.1. The molecule has 4 saturated carbocycles. The number of carbonyl (C=O) groups is 1.